The number of benzene rings is 1. The first-order valence-electron chi connectivity index (χ1n) is 7.45. The average Bonchev–Trinajstić information content (AvgIpc) is 2.69. The molecule has 1 aromatic rings. The van der Waals surface area contributed by atoms with Crippen LogP contribution in [-0.2, 0) is 21.7 Å². The summed E-state index contributed by atoms with van der Waals surface area (Å²) in [7, 11) is 0. The van der Waals surface area contributed by atoms with Gasteiger partial charge in [-0.05, 0) is 32.8 Å². The molecule has 0 spiro atoms. The molecule has 1 aliphatic carbocycles. The van der Waals surface area contributed by atoms with Gasteiger partial charge in [-0.2, -0.15) is 25.1 Å². The maximum Gasteiger partial charge on any atom is 2.00 e. The monoisotopic (exact) mass is 389 g/mol. The Kier molecular flexibility index (Phi) is 17.1. The minimum Gasteiger partial charge on any atom is -0.677 e. The predicted octanol–water partition coefficient (Wildman–Crippen LogP) is 7.06. The smallest absolute Gasteiger partial charge is 0.677 e. The van der Waals surface area contributed by atoms with Crippen LogP contribution in [-0.4, -0.2) is 6.54 Å². The summed E-state index contributed by atoms with van der Waals surface area (Å²) in [5.74, 6) is 0. The van der Waals surface area contributed by atoms with Gasteiger partial charge in [0.15, 0.2) is 0 Å². The Balaban J connectivity index is -0.000000444. The van der Waals surface area contributed by atoms with Crippen LogP contribution in [0.25, 0.3) is 11.3 Å². The summed E-state index contributed by atoms with van der Waals surface area (Å²) in [4.78, 5) is 0. The van der Waals surface area contributed by atoms with Gasteiger partial charge in [-0.3, -0.25) is 0 Å². The van der Waals surface area contributed by atoms with E-state index in [4.69, 9.17) is 5.73 Å². The first-order chi connectivity index (χ1) is 9.52. The minimum atomic E-state index is 0. The minimum absolute atomic E-state index is 0. The van der Waals surface area contributed by atoms with Crippen molar-refractivity contribution in [3.63, 3.8) is 0 Å². The summed E-state index contributed by atoms with van der Waals surface area (Å²) in [5, 5.41) is 0. The molecule has 1 nitrogen and oxygen atoms in total. The molecule has 1 N–H and O–H groups in total. The zero-order valence-corrected chi connectivity index (χ0v) is 17.9. The van der Waals surface area contributed by atoms with Crippen LogP contribution in [0.15, 0.2) is 41.0 Å². The van der Waals surface area contributed by atoms with Gasteiger partial charge in [-0.15, -0.1) is 42.5 Å². The second-order valence-corrected chi connectivity index (χ2v) is 5.45. The van der Waals surface area contributed by atoms with Crippen molar-refractivity contribution in [3.8, 4) is 0 Å². The molecule has 0 aliphatic heterocycles. The molecule has 23 heavy (non-hydrogen) atoms. The van der Waals surface area contributed by atoms with Crippen LogP contribution in [0.1, 0.15) is 58.1 Å². The molecule has 0 atom stereocenters. The van der Waals surface area contributed by atoms with E-state index in [2.05, 4.69) is 52.8 Å². The Morgan fingerprint density at radius 2 is 1.61 bits per heavy atom. The zero-order valence-electron chi connectivity index (χ0n) is 14.7. The number of hydrogen-bond donors (Lipinski definition) is 0. The van der Waals surface area contributed by atoms with E-state index >= 15 is 0 Å². The van der Waals surface area contributed by atoms with E-state index in [-0.39, 0.29) is 46.5 Å². The Morgan fingerprint density at radius 1 is 1.04 bits per heavy atom. The van der Waals surface area contributed by atoms with Gasteiger partial charge in [-0.1, -0.05) is 42.6 Å². The van der Waals surface area contributed by atoms with Crippen LogP contribution in [0.2, 0.25) is 0 Å². The maximum absolute atomic E-state index is 6.60. The molecule has 0 amide bonds. The van der Waals surface area contributed by atoms with E-state index in [9.17, 15) is 0 Å². The Hall–Kier alpha value is -0.176. The molecule has 0 bridgehead atoms. The Morgan fingerprint density at radius 3 is 1.96 bits per heavy atom. The van der Waals surface area contributed by atoms with Crippen molar-refractivity contribution in [1.29, 1.82) is 0 Å². The summed E-state index contributed by atoms with van der Waals surface area (Å²) in [6.45, 7) is 13.4. The molecule has 0 saturated heterocycles. The number of allylic oxidation sites excluding steroid dienone is 4. The van der Waals surface area contributed by atoms with Crippen LogP contribution in [0.5, 0.6) is 0 Å². The summed E-state index contributed by atoms with van der Waals surface area (Å²) < 4.78 is 0. The van der Waals surface area contributed by atoms with Gasteiger partial charge >= 0.3 is 21.7 Å². The molecule has 0 fully saturated rings. The molecule has 0 saturated carbocycles. The number of rotatable bonds is 3. The normalized spacial score (nSPS) is 12.6. The molecular weight excluding hydrogens is 361 g/mol. The molecule has 0 heterocycles. The first-order valence-corrected chi connectivity index (χ1v) is 7.45. The van der Waals surface area contributed by atoms with Gasteiger partial charge in [0.05, 0.1) is 0 Å². The molecule has 0 aromatic heterocycles. The predicted molar refractivity (Wildman–Crippen MR) is 105 cm³/mol. The third-order valence-electron chi connectivity index (χ3n) is 3.97. The number of unbranched alkanes of at least 4 members (excludes halogenated alkanes) is 1. The molecular formula is C19H29Cl2NTi. The fourth-order valence-corrected chi connectivity index (χ4v) is 2.37. The van der Waals surface area contributed by atoms with Crippen molar-refractivity contribution >= 4 is 30.4 Å². The van der Waals surface area contributed by atoms with E-state index in [1.807, 2.05) is 6.07 Å². The second-order valence-electron chi connectivity index (χ2n) is 5.45. The summed E-state index contributed by atoms with van der Waals surface area (Å²) in [6, 6.07) is 8.39. The third kappa shape index (κ3) is 7.96. The van der Waals surface area contributed by atoms with Crippen molar-refractivity contribution < 1.29 is 21.7 Å². The molecule has 0 radical (unpaired) electrons. The zero-order chi connectivity index (χ0) is 15.1. The fourth-order valence-electron chi connectivity index (χ4n) is 2.37. The van der Waals surface area contributed by atoms with Gasteiger partial charge in [0.2, 0.25) is 0 Å². The van der Waals surface area contributed by atoms with E-state index in [1.54, 1.807) is 0 Å². The summed E-state index contributed by atoms with van der Waals surface area (Å²) >= 11 is 0. The van der Waals surface area contributed by atoms with Crippen molar-refractivity contribution in [2.45, 2.75) is 47.0 Å². The third-order valence-corrected chi connectivity index (χ3v) is 3.97. The second kappa shape index (κ2) is 14.2. The molecule has 0 unspecified atom stereocenters. The van der Waals surface area contributed by atoms with E-state index in [0.717, 1.165) is 24.8 Å². The molecule has 1 aliphatic rings. The van der Waals surface area contributed by atoms with Crippen LogP contribution in [0.3, 0.4) is 0 Å². The van der Waals surface area contributed by atoms with Gasteiger partial charge in [0.25, 0.3) is 0 Å². The SMILES string of the molecule is CCCC[NH-].Cl.Cl.[CH2-]c1ccccc1C1=C(C)C(C)=C(C)C1.[Ti+2]. The Labute approximate surface area is 169 Å². The van der Waals surface area contributed by atoms with Gasteiger partial charge < -0.3 is 5.73 Å². The van der Waals surface area contributed by atoms with Gasteiger partial charge in [0.1, 0.15) is 0 Å². The summed E-state index contributed by atoms with van der Waals surface area (Å²) in [5.41, 5.74) is 14.9. The van der Waals surface area contributed by atoms with Crippen LogP contribution < -0.4 is 0 Å². The maximum atomic E-state index is 6.60. The van der Waals surface area contributed by atoms with Gasteiger partial charge in [0, 0.05) is 0 Å². The molecule has 128 valence electrons. The number of hydrogen-bond acceptors (Lipinski definition) is 0. The van der Waals surface area contributed by atoms with Crippen LogP contribution >= 0.6 is 24.8 Å². The number of nitrogens with one attached hydrogen (secondary N) is 1. The average molecular weight is 390 g/mol. The van der Waals surface area contributed by atoms with Crippen molar-refractivity contribution in [3.05, 3.63) is 64.8 Å². The van der Waals surface area contributed by atoms with E-state index in [1.165, 1.54) is 27.9 Å². The van der Waals surface area contributed by atoms with Crippen molar-refractivity contribution in [1.82, 2.24) is 0 Å². The van der Waals surface area contributed by atoms with E-state index in [0.29, 0.717) is 6.54 Å². The van der Waals surface area contributed by atoms with Crippen LogP contribution in [0.4, 0.5) is 0 Å². The van der Waals surface area contributed by atoms with Crippen molar-refractivity contribution in [2.75, 3.05) is 6.54 Å². The van der Waals surface area contributed by atoms with Crippen LogP contribution in [0, 0.1) is 6.92 Å². The standard InChI is InChI=1S/C15H17.C4H10N.2ClH.Ti/c1-10-7-5-6-8-14(10)15-9-11(2)12(3)13(15)4;1-2-3-4-5;;;/h5-8H,1,9H2,2-4H3;5H,2-4H2,1H3;2*1H;/q2*-1;;;+2. The van der Waals surface area contributed by atoms with E-state index < -0.39 is 0 Å². The topological polar surface area (TPSA) is 23.8 Å². The molecule has 1 aromatic carbocycles. The molecule has 2 rings (SSSR count). The van der Waals surface area contributed by atoms with Gasteiger partial charge in [-0.25, -0.2) is 0 Å². The van der Waals surface area contributed by atoms with Crippen molar-refractivity contribution in [2.24, 2.45) is 0 Å². The largest absolute Gasteiger partial charge is 2.00 e. The number of halogens is 2. The summed E-state index contributed by atoms with van der Waals surface area (Å²) in [6.07, 6.45) is 3.30. The molecule has 4 heteroatoms. The first kappa shape index (κ1) is 27.7. The fraction of sp³-hybridized carbons (Fsp3) is 0.421. The Bertz CT molecular complexity index is 520. The quantitative estimate of drug-likeness (QED) is 0.390.